The largest absolute Gasteiger partial charge is 0.504 e. The molecule has 12 heavy (non-hydrogen) atoms. The highest BCUT2D eigenvalue weighted by molar-refractivity contribution is 5.55. The zero-order valence-electron chi connectivity index (χ0n) is 6.37. The summed E-state index contributed by atoms with van der Waals surface area (Å²) in [5.41, 5.74) is 0.652. The van der Waals surface area contributed by atoms with Crippen LogP contribution >= 0.6 is 0 Å². The number of carbonyl (C=O) groups is 1. The van der Waals surface area contributed by atoms with Crippen LogP contribution in [0.25, 0.3) is 0 Å². The molecule has 4 nitrogen and oxygen atoms in total. The highest BCUT2D eigenvalue weighted by Crippen LogP contribution is 2.22. The van der Waals surface area contributed by atoms with Crippen molar-refractivity contribution >= 4 is 6.41 Å². The van der Waals surface area contributed by atoms with E-state index in [2.05, 4.69) is 11.9 Å². The van der Waals surface area contributed by atoms with E-state index >= 15 is 0 Å². The van der Waals surface area contributed by atoms with Gasteiger partial charge in [0.1, 0.15) is 0 Å². The quantitative estimate of drug-likeness (QED) is 0.535. The fourth-order valence-electron chi connectivity index (χ4n) is 0.904. The van der Waals surface area contributed by atoms with Crippen LogP contribution in [0.3, 0.4) is 0 Å². The number of aliphatic hydroxyl groups excluding tert-OH is 2. The van der Waals surface area contributed by atoms with Crippen LogP contribution < -0.4 is 5.32 Å². The van der Waals surface area contributed by atoms with Gasteiger partial charge < -0.3 is 15.5 Å². The van der Waals surface area contributed by atoms with Gasteiger partial charge in [-0.05, 0) is 12.0 Å². The Bertz CT molecular complexity index is 289. The summed E-state index contributed by atoms with van der Waals surface area (Å²) >= 11 is 0. The molecule has 0 radical (unpaired) electrons. The topological polar surface area (TPSA) is 69.6 Å². The van der Waals surface area contributed by atoms with E-state index in [1.165, 1.54) is 0 Å². The van der Waals surface area contributed by atoms with Crippen molar-refractivity contribution in [2.75, 3.05) is 0 Å². The lowest BCUT2D eigenvalue weighted by atomic mass is 10.0. The molecule has 0 aromatic heterocycles. The Balaban J connectivity index is 2.94. The van der Waals surface area contributed by atoms with Gasteiger partial charge in [-0.15, -0.1) is 0 Å². The molecule has 0 saturated carbocycles. The first-order valence-electron chi connectivity index (χ1n) is 3.38. The second-order valence-electron chi connectivity index (χ2n) is 2.38. The Labute approximate surface area is 69.5 Å². The summed E-state index contributed by atoms with van der Waals surface area (Å²) in [6.45, 7) is 3.51. The van der Waals surface area contributed by atoms with Crippen LogP contribution in [0.4, 0.5) is 0 Å². The van der Waals surface area contributed by atoms with Crippen LogP contribution in [0.15, 0.2) is 35.4 Å². The average molecular weight is 167 g/mol. The number of aliphatic hydroxyl groups is 2. The lowest BCUT2D eigenvalue weighted by Gasteiger charge is -2.14. The van der Waals surface area contributed by atoms with Crippen LogP contribution in [-0.4, -0.2) is 16.6 Å². The Kier molecular flexibility index (Phi) is 2.19. The fraction of sp³-hybridized carbons (Fsp3) is 0.125. The molecule has 1 aliphatic rings. The van der Waals surface area contributed by atoms with Gasteiger partial charge in [-0.1, -0.05) is 12.7 Å². The van der Waals surface area contributed by atoms with E-state index in [0.29, 0.717) is 18.4 Å². The third-order valence-electron chi connectivity index (χ3n) is 1.58. The molecule has 0 spiro atoms. The van der Waals surface area contributed by atoms with Crippen LogP contribution in [0.5, 0.6) is 0 Å². The van der Waals surface area contributed by atoms with Crippen molar-refractivity contribution in [3.05, 3.63) is 35.4 Å². The third kappa shape index (κ3) is 1.32. The van der Waals surface area contributed by atoms with E-state index in [1.807, 2.05) is 0 Å². The molecule has 0 aromatic rings. The summed E-state index contributed by atoms with van der Waals surface area (Å²) in [4.78, 5) is 10.0. The number of hydrogen-bond acceptors (Lipinski definition) is 3. The normalized spacial score (nSPS) is 17.3. The highest BCUT2D eigenvalue weighted by atomic mass is 16.3. The first-order valence-corrected chi connectivity index (χ1v) is 3.38. The van der Waals surface area contributed by atoms with Crippen molar-refractivity contribution in [3.8, 4) is 0 Å². The standard InChI is InChI=1S/C8H9NO3/c1-5-2-3-6(9-4-10)8(12)7(5)11/h3-4,11-12H,1-2H2,(H,9,10). The maximum Gasteiger partial charge on any atom is 0.211 e. The first-order chi connectivity index (χ1) is 5.66. The molecule has 0 aromatic carbocycles. The number of allylic oxidation sites excluding steroid dienone is 2. The first kappa shape index (κ1) is 8.39. The van der Waals surface area contributed by atoms with Crippen LogP contribution in [0, 0.1) is 0 Å². The van der Waals surface area contributed by atoms with Crippen molar-refractivity contribution in [2.45, 2.75) is 6.42 Å². The van der Waals surface area contributed by atoms with Gasteiger partial charge in [-0.25, -0.2) is 0 Å². The van der Waals surface area contributed by atoms with Gasteiger partial charge in [0.25, 0.3) is 0 Å². The maximum atomic E-state index is 10.0. The predicted octanol–water partition coefficient (Wildman–Crippen LogP) is 0.904. The molecule has 4 heteroatoms. The van der Waals surface area contributed by atoms with E-state index in [9.17, 15) is 15.0 Å². The molecule has 1 rings (SSSR count). The van der Waals surface area contributed by atoms with Gasteiger partial charge in [0.05, 0.1) is 5.70 Å². The Hall–Kier alpha value is -1.71. The molecule has 1 aliphatic carbocycles. The van der Waals surface area contributed by atoms with Gasteiger partial charge in [0.2, 0.25) is 6.41 Å². The molecular weight excluding hydrogens is 158 g/mol. The number of rotatable bonds is 2. The Morgan fingerprint density at radius 2 is 2.17 bits per heavy atom. The number of nitrogens with one attached hydrogen (secondary N) is 1. The number of carbonyl (C=O) groups excluding carboxylic acids is 1. The molecule has 0 bridgehead atoms. The molecule has 0 unspecified atom stereocenters. The van der Waals surface area contributed by atoms with E-state index < -0.39 is 0 Å². The zero-order chi connectivity index (χ0) is 9.14. The highest BCUT2D eigenvalue weighted by Gasteiger charge is 2.16. The fourth-order valence-corrected chi connectivity index (χ4v) is 0.904. The van der Waals surface area contributed by atoms with Crippen molar-refractivity contribution in [1.82, 2.24) is 5.32 Å². The molecule has 0 atom stereocenters. The Morgan fingerprint density at radius 3 is 2.75 bits per heavy atom. The van der Waals surface area contributed by atoms with Gasteiger partial charge >= 0.3 is 0 Å². The third-order valence-corrected chi connectivity index (χ3v) is 1.58. The molecule has 0 heterocycles. The Morgan fingerprint density at radius 1 is 1.50 bits per heavy atom. The molecule has 64 valence electrons. The maximum absolute atomic E-state index is 10.0. The molecule has 0 aliphatic heterocycles. The molecule has 0 fully saturated rings. The lowest BCUT2D eigenvalue weighted by Crippen LogP contribution is -2.16. The minimum absolute atomic E-state index is 0.218. The number of hydrogen-bond donors (Lipinski definition) is 3. The van der Waals surface area contributed by atoms with Crippen LogP contribution in [-0.2, 0) is 4.79 Å². The SMILES string of the molecule is C=C1CC=C(NC=O)C(O)=C1O. The van der Waals surface area contributed by atoms with Gasteiger partial charge in [0.15, 0.2) is 11.5 Å². The van der Waals surface area contributed by atoms with Gasteiger partial charge in [-0.3, -0.25) is 4.79 Å². The molecule has 3 N–H and O–H groups in total. The summed E-state index contributed by atoms with van der Waals surface area (Å²) in [7, 11) is 0. The van der Waals surface area contributed by atoms with Crippen molar-refractivity contribution in [1.29, 1.82) is 0 Å². The van der Waals surface area contributed by atoms with Gasteiger partial charge in [0, 0.05) is 0 Å². The van der Waals surface area contributed by atoms with E-state index in [-0.39, 0.29) is 17.2 Å². The van der Waals surface area contributed by atoms with Crippen molar-refractivity contribution in [3.63, 3.8) is 0 Å². The minimum atomic E-state index is -0.335. The summed E-state index contributed by atoms with van der Waals surface area (Å²) in [5, 5.41) is 20.7. The van der Waals surface area contributed by atoms with E-state index in [0.717, 1.165) is 0 Å². The van der Waals surface area contributed by atoms with Gasteiger partial charge in [-0.2, -0.15) is 0 Å². The van der Waals surface area contributed by atoms with Crippen LogP contribution in [0.1, 0.15) is 6.42 Å². The summed E-state index contributed by atoms with van der Waals surface area (Å²) in [6, 6.07) is 0. The second-order valence-corrected chi connectivity index (χ2v) is 2.38. The molecule has 0 saturated heterocycles. The number of amides is 1. The monoisotopic (exact) mass is 167 g/mol. The van der Waals surface area contributed by atoms with Crippen molar-refractivity contribution < 1.29 is 15.0 Å². The minimum Gasteiger partial charge on any atom is -0.504 e. The van der Waals surface area contributed by atoms with E-state index in [4.69, 9.17) is 0 Å². The molecule has 1 amide bonds. The zero-order valence-corrected chi connectivity index (χ0v) is 6.37. The summed E-state index contributed by atoms with van der Waals surface area (Å²) in [6.07, 6.45) is 2.43. The van der Waals surface area contributed by atoms with E-state index in [1.54, 1.807) is 6.08 Å². The summed E-state index contributed by atoms with van der Waals surface area (Å²) in [5.74, 6) is -0.597. The predicted molar refractivity (Wildman–Crippen MR) is 43.3 cm³/mol. The smallest absolute Gasteiger partial charge is 0.211 e. The molecular formula is C8H9NO3. The second kappa shape index (κ2) is 3.13. The van der Waals surface area contributed by atoms with Crippen LogP contribution in [0.2, 0.25) is 0 Å². The lowest BCUT2D eigenvalue weighted by molar-refractivity contribution is -0.109. The van der Waals surface area contributed by atoms with Crippen molar-refractivity contribution in [2.24, 2.45) is 0 Å². The summed E-state index contributed by atoms with van der Waals surface area (Å²) < 4.78 is 0. The average Bonchev–Trinajstić information content (AvgIpc) is 2.07.